The first-order valence-electron chi connectivity index (χ1n) is 7.20. The molecule has 4 nitrogen and oxygen atoms in total. The van der Waals surface area contributed by atoms with E-state index in [1.165, 1.54) is 0 Å². The van der Waals surface area contributed by atoms with Gasteiger partial charge in [0.15, 0.2) is 5.76 Å². The van der Waals surface area contributed by atoms with Gasteiger partial charge >= 0.3 is 0 Å². The summed E-state index contributed by atoms with van der Waals surface area (Å²) in [5.41, 5.74) is 2.39. The third-order valence-corrected chi connectivity index (χ3v) is 4.16. The monoisotopic (exact) mass is 275 g/mol. The van der Waals surface area contributed by atoms with E-state index in [4.69, 9.17) is 4.42 Å². The predicted molar refractivity (Wildman–Crippen MR) is 81.4 cm³/mol. The van der Waals surface area contributed by atoms with Gasteiger partial charge in [0.1, 0.15) is 11.5 Å². The summed E-state index contributed by atoms with van der Waals surface area (Å²) < 4.78 is 5.65. The number of furan rings is 1. The Bertz CT molecular complexity index is 552. The number of nitrogens with zero attached hydrogens (tertiary/aromatic N) is 1. The summed E-state index contributed by atoms with van der Waals surface area (Å²) in [6.45, 7) is 12.8. The average molecular weight is 275 g/mol. The summed E-state index contributed by atoms with van der Waals surface area (Å²) in [7, 11) is 0. The van der Waals surface area contributed by atoms with Crippen molar-refractivity contribution in [1.29, 1.82) is 0 Å². The van der Waals surface area contributed by atoms with Gasteiger partial charge in [0, 0.05) is 18.7 Å². The molecule has 0 aliphatic carbocycles. The van der Waals surface area contributed by atoms with Crippen LogP contribution >= 0.6 is 0 Å². The smallest absolute Gasteiger partial charge is 0.152 e. The molecule has 2 aromatic heterocycles. The minimum atomic E-state index is 0.283. The highest BCUT2D eigenvalue weighted by Crippen LogP contribution is 2.26. The highest BCUT2D eigenvalue weighted by atomic mass is 16.3. The van der Waals surface area contributed by atoms with Crippen LogP contribution in [0, 0.1) is 18.3 Å². The lowest BCUT2D eigenvalue weighted by Crippen LogP contribution is -2.33. The van der Waals surface area contributed by atoms with Gasteiger partial charge in [-0.25, -0.2) is 0 Å². The third kappa shape index (κ3) is 3.31. The summed E-state index contributed by atoms with van der Waals surface area (Å²) in [5.74, 6) is 2.40. The van der Waals surface area contributed by atoms with Crippen molar-refractivity contribution in [2.75, 3.05) is 6.54 Å². The fourth-order valence-corrected chi connectivity index (χ4v) is 1.95. The number of H-pyrrole nitrogens is 1. The van der Waals surface area contributed by atoms with E-state index in [0.717, 1.165) is 35.9 Å². The molecule has 0 aliphatic rings. The number of nitrogens with one attached hydrogen (secondary N) is 2. The van der Waals surface area contributed by atoms with E-state index >= 15 is 0 Å². The van der Waals surface area contributed by atoms with Crippen LogP contribution in [0.25, 0.3) is 11.5 Å². The lowest BCUT2D eigenvalue weighted by molar-refractivity contribution is 0.238. The lowest BCUT2D eigenvalue weighted by Gasteiger charge is -2.29. The lowest BCUT2D eigenvalue weighted by atomic mass is 9.81. The molecule has 2 N–H and O–H groups in total. The first-order valence-corrected chi connectivity index (χ1v) is 7.20. The van der Waals surface area contributed by atoms with Crippen LogP contribution in [0.3, 0.4) is 0 Å². The minimum absolute atomic E-state index is 0.283. The number of hydrogen-bond donors (Lipinski definition) is 2. The predicted octanol–water partition coefficient (Wildman–Crippen LogP) is 3.75. The van der Waals surface area contributed by atoms with Crippen LogP contribution in [0.15, 0.2) is 22.7 Å². The fraction of sp³-hybridized carbons (Fsp3) is 0.562. The number of aromatic amines is 1. The van der Waals surface area contributed by atoms with Crippen LogP contribution < -0.4 is 5.32 Å². The Labute approximate surface area is 121 Å². The van der Waals surface area contributed by atoms with Gasteiger partial charge in [-0.05, 0) is 30.4 Å². The van der Waals surface area contributed by atoms with Crippen molar-refractivity contribution in [2.24, 2.45) is 11.3 Å². The van der Waals surface area contributed by atoms with E-state index in [-0.39, 0.29) is 5.41 Å². The highest BCUT2D eigenvalue weighted by Gasteiger charge is 2.22. The third-order valence-electron chi connectivity index (χ3n) is 4.16. The van der Waals surface area contributed by atoms with Crippen LogP contribution in [0.4, 0.5) is 0 Å². The second-order valence-corrected chi connectivity index (χ2v) is 6.43. The molecule has 4 heteroatoms. The largest absolute Gasteiger partial charge is 0.460 e. The van der Waals surface area contributed by atoms with Crippen LogP contribution in [-0.2, 0) is 6.54 Å². The van der Waals surface area contributed by atoms with Crippen molar-refractivity contribution in [1.82, 2.24) is 15.5 Å². The molecule has 0 radical (unpaired) electrons. The van der Waals surface area contributed by atoms with E-state index in [0.29, 0.717) is 5.92 Å². The standard InChI is InChI=1S/C16H25N3O/c1-11(2)16(4,5)10-17-8-13-9-18-19-15(13)14-7-6-12(3)20-14/h6-7,9,11,17H,8,10H2,1-5H3,(H,18,19). The molecular formula is C16H25N3O. The first-order chi connectivity index (χ1) is 9.40. The molecule has 0 spiro atoms. The van der Waals surface area contributed by atoms with Crippen molar-refractivity contribution in [3.63, 3.8) is 0 Å². The summed E-state index contributed by atoms with van der Waals surface area (Å²) >= 11 is 0. The summed E-state index contributed by atoms with van der Waals surface area (Å²) in [6.07, 6.45) is 1.86. The zero-order valence-corrected chi connectivity index (χ0v) is 13.1. The van der Waals surface area contributed by atoms with Gasteiger partial charge in [0.25, 0.3) is 0 Å². The van der Waals surface area contributed by atoms with Gasteiger partial charge in [-0.15, -0.1) is 0 Å². The van der Waals surface area contributed by atoms with Crippen molar-refractivity contribution in [3.8, 4) is 11.5 Å². The molecule has 0 saturated heterocycles. The van der Waals surface area contributed by atoms with Gasteiger partial charge in [0.2, 0.25) is 0 Å². The minimum Gasteiger partial charge on any atom is -0.460 e. The maximum Gasteiger partial charge on any atom is 0.152 e. The molecule has 0 aliphatic heterocycles. The molecule has 0 unspecified atom stereocenters. The quantitative estimate of drug-likeness (QED) is 0.844. The highest BCUT2D eigenvalue weighted by molar-refractivity contribution is 5.56. The van der Waals surface area contributed by atoms with Crippen LogP contribution in [0.5, 0.6) is 0 Å². The van der Waals surface area contributed by atoms with E-state index in [1.807, 2.05) is 25.3 Å². The molecule has 110 valence electrons. The van der Waals surface area contributed by atoms with E-state index in [9.17, 15) is 0 Å². The SMILES string of the molecule is Cc1ccc(-c2[nH]ncc2CNCC(C)(C)C(C)C)o1. The summed E-state index contributed by atoms with van der Waals surface area (Å²) in [4.78, 5) is 0. The normalized spacial score (nSPS) is 12.3. The topological polar surface area (TPSA) is 53.9 Å². The van der Waals surface area contributed by atoms with Crippen LogP contribution in [-0.4, -0.2) is 16.7 Å². The van der Waals surface area contributed by atoms with E-state index < -0.39 is 0 Å². The molecule has 0 aromatic carbocycles. The molecule has 2 heterocycles. The first kappa shape index (κ1) is 14.9. The molecule has 2 aromatic rings. The van der Waals surface area contributed by atoms with E-state index in [1.54, 1.807) is 0 Å². The molecule has 0 bridgehead atoms. The van der Waals surface area contributed by atoms with Crippen LogP contribution in [0.2, 0.25) is 0 Å². The number of hydrogen-bond acceptors (Lipinski definition) is 3. The zero-order valence-electron chi connectivity index (χ0n) is 13.1. The Hall–Kier alpha value is -1.55. The van der Waals surface area contributed by atoms with Gasteiger partial charge in [-0.3, -0.25) is 5.10 Å². The molecular weight excluding hydrogens is 250 g/mol. The Kier molecular flexibility index (Phi) is 4.33. The Morgan fingerprint density at radius 2 is 2.10 bits per heavy atom. The summed E-state index contributed by atoms with van der Waals surface area (Å²) in [5, 5.41) is 10.7. The second-order valence-electron chi connectivity index (χ2n) is 6.43. The fourth-order valence-electron chi connectivity index (χ4n) is 1.95. The zero-order chi connectivity index (χ0) is 14.8. The van der Waals surface area contributed by atoms with Gasteiger partial charge < -0.3 is 9.73 Å². The molecule has 0 saturated carbocycles. The number of aromatic nitrogens is 2. The van der Waals surface area contributed by atoms with Crippen LogP contribution in [0.1, 0.15) is 39.0 Å². The maximum absolute atomic E-state index is 5.65. The molecule has 2 rings (SSSR count). The van der Waals surface area contributed by atoms with Gasteiger partial charge in [-0.2, -0.15) is 5.10 Å². The van der Waals surface area contributed by atoms with Gasteiger partial charge in [0.05, 0.1) is 6.20 Å². The maximum atomic E-state index is 5.65. The number of rotatable bonds is 6. The van der Waals surface area contributed by atoms with Crippen molar-refractivity contribution in [2.45, 2.75) is 41.2 Å². The number of aryl methyl sites for hydroxylation is 1. The Balaban J connectivity index is 2.00. The second kappa shape index (κ2) is 5.83. The van der Waals surface area contributed by atoms with E-state index in [2.05, 4.69) is 43.2 Å². The van der Waals surface area contributed by atoms with Gasteiger partial charge in [-0.1, -0.05) is 27.7 Å². The molecule has 20 heavy (non-hydrogen) atoms. The van der Waals surface area contributed by atoms with Crippen molar-refractivity contribution >= 4 is 0 Å². The van der Waals surface area contributed by atoms with Crippen molar-refractivity contribution in [3.05, 3.63) is 29.7 Å². The Morgan fingerprint density at radius 3 is 2.70 bits per heavy atom. The van der Waals surface area contributed by atoms with Crippen molar-refractivity contribution < 1.29 is 4.42 Å². The average Bonchev–Trinajstić information content (AvgIpc) is 2.97. The molecule has 0 atom stereocenters. The Morgan fingerprint density at radius 1 is 1.35 bits per heavy atom. The molecule has 0 fully saturated rings. The summed E-state index contributed by atoms with van der Waals surface area (Å²) in [6, 6.07) is 3.94. The molecule has 0 amide bonds.